The number of nitrogens with zero attached hydrogens (tertiary/aromatic N) is 3. The van der Waals surface area contributed by atoms with Crippen LogP contribution in [0, 0.1) is 0 Å². The highest BCUT2D eigenvalue weighted by molar-refractivity contribution is 6.11. The second-order valence-electron chi connectivity index (χ2n) is 8.58. The lowest BCUT2D eigenvalue weighted by Crippen LogP contribution is -2.44. The first kappa shape index (κ1) is 23.0. The average Bonchev–Trinajstić information content (AvgIpc) is 3.32. The van der Waals surface area contributed by atoms with Crippen molar-refractivity contribution in [2.45, 2.75) is 39.3 Å². The number of fused-ring (bicyclic) bond motifs is 2. The summed E-state index contributed by atoms with van der Waals surface area (Å²) in [5, 5.41) is 2.99. The Kier molecular flexibility index (Phi) is 7.08. The molecule has 1 fully saturated rings. The second-order valence-corrected chi connectivity index (χ2v) is 8.58. The van der Waals surface area contributed by atoms with E-state index in [1.165, 1.54) is 0 Å². The largest absolute Gasteiger partial charge is 0.351 e. The molecule has 1 saturated heterocycles. The monoisotopic (exact) mass is 448 g/mol. The van der Waals surface area contributed by atoms with Crippen LogP contribution in [0.15, 0.2) is 48.5 Å². The van der Waals surface area contributed by atoms with Gasteiger partial charge in [0.2, 0.25) is 5.91 Å². The molecule has 7 nitrogen and oxygen atoms in total. The van der Waals surface area contributed by atoms with Crippen LogP contribution in [0.3, 0.4) is 0 Å². The molecule has 3 amide bonds. The Hall–Kier alpha value is -3.19. The number of hydrogen-bond donors (Lipinski definition) is 1. The third-order valence-corrected chi connectivity index (χ3v) is 6.63. The molecule has 0 radical (unpaired) electrons. The quantitative estimate of drug-likeness (QED) is 0.674. The molecule has 0 saturated carbocycles. The third-order valence-electron chi connectivity index (χ3n) is 6.63. The number of hydrogen-bond acceptors (Lipinski definition) is 4. The average molecular weight is 449 g/mol. The number of anilines is 1. The Morgan fingerprint density at radius 1 is 1.09 bits per heavy atom. The van der Waals surface area contributed by atoms with Crippen molar-refractivity contribution in [3.05, 3.63) is 65.2 Å². The van der Waals surface area contributed by atoms with Crippen LogP contribution in [-0.2, 0) is 11.3 Å². The molecule has 33 heavy (non-hydrogen) atoms. The lowest BCUT2D eigenvalue weighted by atomic mass is 10.1. The van der Waals surface area contributed by atoms with Gasteiger partial charge in [0, 0.05) is 25.2 Å². The molecule has 2 aliphatic rings. The van der Waals surface area contributed by atoms with Gasteiger partial charge in [-0.05, 0) is 55.8 Å². The molecule has 2 aromatic carbocycles. The summed E-state index contributed by atoms with van der Waals surface area (Å²) < 4.78 is 0. The van der Waals surface area contributed by atoms with Gasteiger partial charge in [-0.2, -0.15) is 0 Å². The summed E-state index contributed by atoms with van der Waals surface area (Å²) in [5.74, 6) is -0.256. The maximum atomic E-state index is 13.5. The lowest BCUT2D eigenvalue weighted by Gasteiger charge is -2.26. The zero-order valence-corrected chi connectivity index (χ0v) is 19.4. The molecular weight excluding hydrogens is 416 g/mol. The maximum absolute atomic E-state index is 13.5. The van der Waals surface area contributed by atoms with Crippen LogP contribution in [-0.4, -0.2) is 66.3 Å². The molecule has 1 N–H and O–H groups in total. The fourth-order valence-electron chi connectivity index (χ4n) is 4.74. The normalized spacial score (nSPS) is 17.7. The molecule has 0 aliphatic carbocycles. The van der Waals surface area contributed by atoms with Crippen LogP contribution < -0.4 is 10.2 Å². The molecule has 2 aromatic rings. The number of carbonyl (C=O) groups excluding carboxylic acids is 3. The van der Waals surface area contributed by atoms with Crippen LogP contribution in [0.4, 0.5) is 5.69 Å². The standard InChI is InChI=1S/C26H32N4O3/c1-3-28(4-2)16-14-27-24(31)20-10-7-9-19(17-20)18-30-22-12-6-5-11-21(22)25(32)29-15-8-13-23(29)26(30)33/h5-7,9-12,17,23H,3-4,8,13-16,18H2,1-2H3,(H,27,31)/t23-/m0/s1. The van der Waals surface area contributed by atoms with Crippen LogP contribution >= 0.6 is 0 Å². The summed E-state index contributed by atoms with van der Waals surface area (Å²) in [7, 11) is 0. The highest BCUT2D eigenvalue weighted by Crippen LogP contribution is 2.33. The number of amides is 3. The first-order valence-electron chi connectivity index (χ1n) is 11.8. The molecule has 2 heterocycles. The SMILES string of the molecule is CCN(CC)CCNC(=O)c1cccc(CN2C(=O)[C@@H]3CCCN3C(=O)c3ccccc32)c1. The van der Waals surface area contributed by atoms with Crippen molar-refractivity contribution < 1.29 is 14.4 Å². The molecule has 2 aliphatic heterocycles. The van der Waals surface area contributed by atoms with Crippen LogP contribution in [0.2, 0.25) is 0 Å². The van der Waals surface area contributed by atoms with E-state index in [0.717, 1.165) is 31.6 Å². The molecule has 1 atom stereocenters. The van der Waals surface area contributed by atoms with Crippen LogP contribution in [0.1, 0.15) is 53.0 Å². The molecule has 0 spiro atoms. The summed E-state index contributed by atoms with van der Waals surface area (Å²) in [5.41, 5.74) is 2.62. The number of nitrogens with one attached hydrogen (secondary N) is 1. The van der Waals surface area contributed by atoms with Crippen molar-refractivity contribution in [3.63, 3.8) is 0 Å². The first-order chi connectivity index (χ1) is 16.0. The minimum absolute atomic E-state index is 0.0557. The van der Waals surface area contributed by atoms with Crippen molar-refractivity contribution in [2.24, 2.45) is 0 Å². The van der Waals surface area contributed by atoms with Gasteiger partial charge in [-0.3, -0.25) is 14.4 Å². The van der Waals surface area contributed by atoms with E-state index < -0.39 is 6.04 Å². The van der Waals surface area contributed by atoms with Gasteiger partial charge in [-0.25, -0.2) is 0 Å². The van der Waals surface area contributed by atoms with Gasteiger partial charge in [0.05, 0.1) is 17.8 Å². The summed E-state index contributed by atoms with van der Waals surface area (Å²) >= 11 is 0. The van der Waals surface area contributed by atoms with Gasteiger partial charge < -0.3 is 20.0 Å². The molecular formula is C26H32N4O3. The van der Waals surface area contributed by atoms with Crippen LogP contribution in [0.25, 0.3) is 0 Å². The van der Waals surface area contributed by atoms with Gasteiger partial charge in [-0.15, -0.1) is 0 Å². The van der Waals surface area contributed by atoms with E-state index in [0.29, 0.717) is 42.9 Å². The molecule has 0 bridgehead atoms. The zero-order valence-electron chi connectivity index (χ0n) is 19.4. The van der Waals surface area contributed by atoms with E-state index >= 15 is 0 Å². The van der Waals surface area contributed by atoms with Crippen molar-refractivity contribution in [2.75, 3.05) is 37.6 Å². The topological polar surface area (TPSA) is 73.0 Å². The van der Waals surface area contributed by atoms with Crippen molar-refractivity contribution in [1.82, 2.24) is 15.1 Å². The lowest BCUT2D eigenvalue weighted by molar-refractivity contribution is -0.122. The predicted octanol–water partition coefficient (Wildman–Crippen LogP) is 2.91. The van der Waals surface area contributed by atoms with Crippen molar-refractivity contribution in [3.8, 4) is 0 Å². The Bertz CT molecular complexity index is 1030. The van der Waals surface area contributed by atoms with Gasteiger partial charge >= 0.3 is 0 Å². The zero-order chi connectivity index (χ0) is 23.4. The Morgan fingerprint density at radius 3 is 2.67 bits per heavy atom. The van der Waals surface area contributed by atoms with E-state index in [9.17, 15) is 14.4 Å². The third kappa shape index (κ3) is 4.78. The fraction of sp³-hybridized carbons (Fsp3) is 0.423. The minimum Gasteiger partial charge on any atom is -0.351 e. The summed E-state index contributed by atoms with van der Waals surface area (Å²) in [4.78, 5) is 44.9. The van der Waals surface area contributed by atoms with Gasteiger partial charge in [-0.1, -0.05) is 38.1 Å². The van der Waals surface area contributed by atoms with Crippen LogP contribution in [0.5, 0.6) is 0 Å². The van der Waals surface area contributed by atoms with E-state index in [4.69, 9.17) is 0 Å². The smallest absolute Gasteiger partial charge is 0.256 e. The Balaban J connectivity index is 1.53. The Labute approximate surface area is 195 Å². The molecule has 7 heteroatoms. The first-order valence-corrected chi connectivity index (χ1v) is 11.8. The van der Waals surface area contributed by atoms with E-state index in [-0.39, 0.29) is 17.7 Å². The minimum atomic E-state index is -0.420. The molecule has 0 aromatic heterocycles. The van der Waals surface area contributed by atoms with Crippen molar-refractivity contribution >= 4 is 23.4 Å². The number of rotatable bonds is 8. The highest BCUT2D eigenvalue weighted by atomic mass is 16.2. The number of para-hydroxylation sites is 1. The molecule has 0 unspecified atom stereocenters. The van der Waals surface area contributed by atoms with Gasteiger partial charge in [0.15, 0.2) is 0 Å². The number of carbonyl (C=O) groups is 3. The van der Waals surface area contributed by atoms with E-state index in [1.807, 2.05) is 36.4 Å². The second kappa shape index (κ2) is 10.2. The number of likely N-dealkylation sites (N-methyl/N-ethyl adjacent to an activating group) is 1. The molecule has 174 valence electrons. The molecule has 4 rings (SSSR count). The summed E-state index contributed by atoms with van der Waals surface area (Å²) in [6.45, 7) is 8.44. The van der Waals surface area contributed by atoms with Gasteiger partial charge in [0.25, 0.3) is 11.8 Å². The Morgan fingerprint density at radius 2 is 1.88 bits per heavy atom. The van der Waals surface area contributed by atoms with E-state index in [1.54, 1.807) is 21.9 Å². The maximum Gasteiger partial charge on any atom is 0.256 e. The summed E-state index contributed by atoms with van der Waals surface area (Å²) in [6, 6.07) is 14.3. The number of benzene rings is 2. The van der Waals surface area contributed by atoms with Crippen molar-refractivity contribution in [1.29, 1.82) is 0 Å². The highest BCUT2D eigenvalue weighted by Gasteiger charge is 2.41. The summed E-state index contributed by atoms with van der Waals surface area (Å²) in [6.07, 6.45) is 1.52. The van der Waals surface area contributed by atoms with Gasteiger partial charge in [0.1, 0.15) is 6.04 Å². The van der Waals surface area contributed by atoms with E-state index in [2.05, 4.69) is 24.1 Å². The fourth-order valence-corrected chi connectivity index (χ4v) is 4.74. The predicted molar refractivity (Wildman–Crippen MR) is 128 cm³/mol.